The lowest BCUT2D eigenvalue weighted by molar-refractivity contribution is 0.572. The topological polar surface area (TPSA) is 0 Å². The number of alkyl halides is 1. The van der Waals surface area contributed by atoms with E-state index in [1.165, 1.54) is 65.1 Å². The maximum atomic E-state index is 6.63. The first-order valence-corrected chi connectivity index (χ1v) is 10.1. The van der Waals surface area contributed by atoms with Crippen molar-refractivity contribution in [3.8, 4) is 0 Å². The molecule has 21 heavy (non-hydrogen) atoms. The summed E-state index contributed by atoms with van der Waals surface area (Å²) in [5.41, 5.74) is 1.31. The number of benzene rings is 1. The second-order valence-electron chi connectivity index (χ2n) is 5.69. The Labute approximate surface area is 146 Å². The summed E-state index contributed by atoms with van der Waals surface area (Å²) in [4.78, 5) is 0. The molecule has 0 aliphatic heterocycles. The zero-order valence-corrected chi connectivity index (χ0v) is 15.9. The lowest BCUT2D eigenvalue weighted by Crippen LogP contribution is -1.90. The molecule has 0 N–H and O–H groups in total. The average Bonchev–Trinajstić information content (AvgIpc) is 2.91. The van der Waals surface area contributed by atoms with Crippen LogP contribution in [0.1, 0.15) is 69.2 Å². The molecular weight excluding hydrogens is 364 g/mol. The Hall–Kier alpha value is -0.0500. The van der Waals surface area contributed by atoms with Crippen molar-refractivity contribution in [2.75, 3.05) is 0 Å². The second kappa shape index (κ2) is 9.17. The predicted octanol–water partition coefficient (Wildman–Crippen LogP) is 8.08. The van der Waals surface area contributed by atoms with E-state index in [-0.39, 0.29) is 5.38 Å². The average molecular weight is 388 g/mol. The molecule has 2 rings (SSSR count). The molecule has 0 radical (unpaired) electrons. The highest BCUT2D eigenvalue weighted by Crippen LogP contribution is 2.39. The van der Waals surface area contributed by atoms with Gasteiger partial charge in [0.2, 0.25) is 0 Å². The molecule has 116 valence electrons. The summed E-state index contributed by atoms with van der Waals surface area (Å²) >= 11 is 12.0. The number of hydrogen-bond donors (Lipinski definition) is 0. The van der Waals surface area contributed by atoms with Crippen LogP contribution in [0.5, 0.6) is 0 Å². The minimum absolute atomic E-state index is 0.156. The van der Waals surface area contributed by atoms with Crippen LogP contribution in [0.25, 0.3) is 10.1 Å². The van der Waals surface area contributed by atoms with Gasteiger partial charge in [0, 0.05) is 9.17 Å². The van der Waals surface area contributed by atoms with Gasteiger partial charge in [-0.2, -0.15) is 0 Å². The van der Waals surface area contributed by atoms with E-state index in [1.807, 2.05) is 0 Å². The fourth-order valence-electron chi connectivity index (χ4n) is 2.72. The van der Waals surface area contributed by atoms with Crippen LogP contribution >= 0.6 is 38.9 Å². The second-order valence-corrected chi connectivity index (χ2v) is 7.95. The van der Waals surface area contributed by atoms with E-state index in [1.54, 1.807) is 11.3 Å². The fraction of sp³-hybridized carbons (Fsp3) is 0.556. The number of thiophene rings is 1. The molecule has 1 aromatic carbocycles. The summed E-state index contributed by atoms with van der Waals surface area (Å²) in [6.07, 6.45) is 10.5. The standard InChI is InChI=1S/C18H24BrClS/c1-2-3-4-5-6-7-8-12-17(20)15-13-21-18-14(15)10-9-11-16(18)19/h9-11,13,17H,2-8,12H2,1H3. The molecule has 0 aliphatic carbocycles. The molecule has 0 fully saturated rings. The van der Waals surface area contributed by atoms with Crippen LogP contribution in [0.4, 0.5) is 0 Å². The molecule has 2 aromatic rings. The number of rotatable bonds is 9. The Morgan fingerprint density at radius 2 is 1.81 bits per heavy atom. The normalized spacial score (nSPS) is 12.9. The molecule has 1 atom stereocenters. The summed E-state index contributed by atoms with van der Waals surface area (Å²) in [6.45, 7) is 2.27. The van der Waals surface area contributed by atoms with Crippen LogP contribution in [0, 0.1) is 0 Å². The zero-order chi connectivity index (χ0) is 15.1. The van der Waals surface area contributed by atoms with E-state index in [2.05, 4.69) is 46.4 Å². The maximum Gasteiger partial charge on any atom is 0.0599 e. The van der Waals surface area contributed by atoms with E-state index in [4.69, 9.17) is 11.6 Å². The first-order valence-electron chi connectivity index (χ1n) is 8.03. The van der Waals surface area contributed by atoms with Crippen molar-refractivity contribution in [2.45, 2.75) is 63.7 Å². The third-order valence-electron chi connectivity index (χ3n) is 3.98. The van der Waals surface area contributed by atoms with E-state index >= 15 is 0 Å². The molecule has 0 saturated heterocycles. The van der Waals surface area contributed by atoms with Gasteiger partial charge < -0.3 is 0 Å². The quantitative estimate of drug-likeness (QED) is 0.301. The summed E-state index contributed by atoms with van der Waals surface area (Å²) in [6, 6.07) is 6.38. The van der Waals surface area contributed by atoms with Gasteiger partial charge in [0.15, 0.2) is 0 Å². The first-order chi connectivity index (χ1) is 10.2. The molecule has 0 saturated carbocycles. The summed E-state index contributed by atoms with van der Waals surface area (Å²) in [7, 11) is 0. The fourth-order valence-corrected chi connectivity index (χ4v) is 4.81. The van der Waals surface area contributed by atoms with Crippen LogP contribution in [-0.2, 0) is 0 Å². The van der Waals surface area contributed by atoms with Crippen LogP contribution < -0.4 is 0 Å². The number of hydrogen-bond acceptors (Lipinski definition) is 1. The van der Waals surface area contributed by atoms with Gasteiger partial charge in [0.05, 0.1) is 5.38 Å². The van der Waals surface area contributed by atoms with Crippen LogP contribution in [0.3, 0.4) is 0 Å². The van der Waals surface area contributed by atoms with Gasteiger partial charge in [-0.1, -0.05) is 64.0 Å². The van der Waals surface area contributed by atoms with Gasteiger partial charge in [-0.3, -0.25) is 0 Å². The maximum absolute atomic E-state index is 6.63. The Morgan fingerprint density at radius 3 is 2.57 bits per heavy atom. The van der Waals surface area contributed by atoms with Crippen molar-refractivity contribution in [2.24, 2.45) is 0 Å². The highest BCUT2D eigenvalue weighted by Gasteiger charge is 2.14. The van der Waals surface area contributed by atoms with Crippen molar-refractivity contribution < 1.29 is 0 Å². The number of fused-ring (bicyclic) bond motifs is 1. The van der Waals surface area contributed by atoms with E-state index in [0.717, 1.165) is 6.42 Å². The smallest absolute Gasteiger partial charge is 0.0599 e. The first kappa shape index (κ1) is 17.3. The van der Waals surface area contributed by atoms with Gasteiger partial charge in [0.1, 0.15) is 0 Å². The monoisotopic (exact) mass is 386 g/mol. The SMILES string of the molecule is CCCCCCCCCC(Cl)c1csc2c(Br)cccc12. The highest BCUT2D eigenvalue weighted by molar-refractivity contribution is 9.10. The van der Waals surface area contributed by atoms with Gasteiger partial charge in [0.25, 0.3) is 0 Å². The molecule has 0 nitrogen and oxygen atoms in total. The molecule has 0 spiro atoms. The Bertz CT molecular complexity index is 549. The minimum Gasteiger partial charge on any atom is -0.142 e. The highest BCUT2D eigenvalue weighted by atomic mass is 79.9. The van der Waals surface area contributed by atoms with Crippen LogP contribution in [-0.4, -0.2) is 0 Å². The molecule has 1 heterocycles. The predicted molar refractivity (Wildman–Crippen MR) is 101 cm³/mol. The summed E-state index contributed by atoms with van der Waals surface area (Å²) in [5, 5.41) is 3.70. The van der Waals surface area contributed by atoms with Crippen molar-refractivity contribution in [3.63, 3.8) is 0 Å². The summed E-state index contributed by atoms with van der Waals surface area (Å²) in [5.74, 6) is 0. The number of halogens is 2. The van der Waals surface area contributed by atoms with Crippen molar-refractivity contribution in [3.05, 3.63) is 33.6 Å². The minimum atomic E-state index is 0.156. The van der Waals surface area contributed by atoms with Gasteiger partial charge >= 0.3 is 0 Å². The third-order valence-corrected chi connectivity index (χ3v) is 6.40. The zero-order valence-electron chi connectivity index (χ0n) is 12.7. The largest absolute Gasteiger partial charge is 0.142 e. The molecule has 1 unspecified atom stereocenters. The van der Waals surface area contributed by atoms with E-state index in [9.17, 15) is 0 Å². The Kier molecular flexibility index (Phi) is 7.56. The lowest BCUT2D eigenvalue weighted by atomic mass is 10.0. The van der Waals surface area contributed by atoms with E-state index < -0.39 is 0 Å². The molecule has 3 heteroatoms. The van der Waals surface area contributed by atoms with Crippen LogP contribution in [0.2, 0.25) is 0 Å². The van der Waals surface area contributed by atoms with Gasteiger partial charge in [-0.05, 0) is 44.7 Å². The molecular formula is C18H24BrClS. The summed E-state index contributed by atoms with van der Waals surface area (Å²) < 4.78 is 2.49. The third kappa shape index (κ3) is 4.97. The van der Waals surface area contributed by atoms with Crippen molar-refractivity contribution in [1.82, 2.24) is 0 Å². The van der Waals surface area contributed by atoms with Gasteiger partial charge in [-0.25, -0.2) is 0 Å². The molecule has 1 aromatic heterocycles. The number of unbranched alkanes of at least 4 members (excludes halogenated alkanes) is 6. The lowest BCUT2D eigenvalue weighted by Gasteiger charge is -2.09. The molecule has 0 aliphatic rings. The molecule has 0 amide bonds. The Morgan fingerprint density at radius 1 is 1.10 bits per heavy atom. The van der Waals surface area contributed by atoms with Gasteiger partial charge in [-0.15, -0.1) is 22.9 Å². The molecule has 0 bridgehead atoms. The Balaban J connectivity index is 1.80. The van der Waals surface area contributed by atoms with Crippen LogP contribution in [0.15, 0.2) is 28.1 Å². The van der Waals surface area contributed by atoms with E-state index in [0.29, 0.717) is 0 Å². The van der Waals surface area contributed by atoms with Crippen molar-refractivity contribution in [1.29, 1.82) is 0 Å². The van der Waals surface area contributed by atoms with Crippen molar-refractivity contribution >= 4 is 49.0 Å².